The fraction of sp³-hybridized carbons (Fsp3) is 0.500. The lowest BCUT2D eigenvalue weighted by Crippen LogP contribution is -2.31. The molecular weight excluding hydrogens is 216 g/mol. The van der Waals surface area contributed by atoms with Gasteiger partial charge in [0, 0.05) is 6.42 Å². The van der Waals surface area contributed by atoms with Crippen molar-refractivity contribution in [1.29, 1.82) is 0 Å². The minimum absolute atomic E-state index is 0.00752. The molecule has 0 amide bonds. The van der Waals surface area contributed by atoms with Gasteiger partial charge in [-0.05, 0) is 26.3 Å². The first-order chi connectivity index (χ1) is 8.13. The van der Waals surface area contributed by atoms with E-state index >= 15 is 0 Å². The van der Waals surface area contributed by atoms with E-state index in [1.54, 1.807) is 6.92 Å². The predicted molar refractivity (Wildman–Crippen MR) is 66.8 cm³/mol. The lowest BCUT2D eigenvalue weighted by molar-refractivity contribution is -0.159. The van der Waals surface area contributed by atoms with Crippen LogP contribution in [0, 0.1) is 0 Å². The molecule has 94 valence electrons. The van der Waals surface area contributed by atoms with Crippen molar-refractivity contribution in [2.45, 2.75) is 39.4 Å². The Labute approximate surface area is 103 Å². The highest BCUT2D eigenvalue weighted by Crippen LogP contribution is 2.09. The van der Waals surface area contributed by atoms with Gasteiger partial charge in [0.05, 0.1) is 12.7 Å². The van der Waals surface area contributed by atoms with E-state index in [2.05, 4.69) is 0 Å². The standard InChI is InChI=1S/C14H20O3/c1-4-16-14(15)13(17-11(2)3)10-12-8-6-5-7-9-12/h5-9,11,13H,4,10H2,1-3H3. The van der Waals surface area contributed by atoms with Crippen molar-refractivity contribution in [3.05, 3.63) is 35.9 Å². The van der Waals surface area contributed by atoms with Crippen molar-refractivity contribution in [1.82, 2.24) is 0 Å². The molecule has 0 fully saturated rings. The topological polar surface area (TPSA) is 35.5 Å². The summed E-state index contributed by atoms with van der Waals surface area (Å²) < 4.78 is 10.6. The van der Waals surface area contributed by atoms with Crippen LogP contribution in [0.2, 0.25) is 0 Å². The lowest BCUT2D eigenvalue weighted by Gasteiger charge is -2.18. The monoisotopic (exact) mass is 236 g/mol. The number of esters is 1. The summed E-state index contributed by atoms with van der Waals surface area (Å²) in [5, 5.41) is 0. The summed E-state index contributed by atoms with van der Waals surface area (Å²) in [6, 6.07) is 9.82. The highest BCUT2D eigenvalue weighted by atomic mass is 16.6. The molecule has 0 bridgehead atoms. The second-order valence-electron chi connectivity index (χ2n) is 4.12. The maximum Gasteiger partial charge on any atom is 0.335 e. The van der Waals surface area contributed by atoms with Gasteiger partial charge in [-0.25, -0.2) is 4.79 Å². The number of hydrogen-bond acceptors (Lipinski definition) is 3. The van der Waals surface area contributed by atoms with E-state index in [1.165, 1.54) is 0 Å². The lowest BCUT2D eigenvalue weighted by atomic mass is 10.1. The Morgan fingerprint density at radius 1 is 1.24 bits per heavy atom. The van der Waals surface area contributed by atoms with Crippen LogP contribution in [0.5, 0.6) is 0 Å². The third kappa shape index (κ3) is 5.00. The van der Waals surface area contributed by atoms with E-state index in [-0.39, 0.29) is 12.1 Å². The van der Waals surface area contributed by atoms with Gasteiger partial charge in [-0.3, -0.25) is 0 Å². The molecule has 1 rings (SSSR count). The molecule has 0 N–H and O–H groups in total. The Hall–Kier alpha value is -1.35. The summed E-state index contributed by atoms with van der Waals surface area (Å²) in [6.45, 7) is 6.01. The maximum atomic E-state index is 11.7. The highest BCUT2D eigenvalue weighted by Gasteiger charge is 2.22. The van der Waals surface area contributed by atoms with Crippen LogP contribution in [-0.2, 0) is 20.7 Å². The van der Waals surface area contributed by atoms with Crippen LogP contribution in [0.1, 0.15) is 26.3 Å². The SMILES string of the molecule is CCOC(=O)C(Cc1ccccc1)OC(C)C. The fourth-order valence-corrected chi connectivity index (χ4v) is 1.58. The zero-order chi connectivity index (χ0) is 12.7. The van der Waals surface area contributed by atoms with Gasteiger partial charge in [0.15, 0.2) is 6.10 Å². The van der Waals surface area contributed by atoms with Crippen LogP contribution in [0.15, 0.2) is 30.3 Å². The Balaban J connectivity index is 2.66. The van der Waals surface area contributed by atoms with Crippen molar-refractivity contribution < 1.29 is 14.3 Å². The van der Waals surface area contributed by atoms with Gasteiger partial charge in [-0.1, -0.05) is 30.3 Å². The second kappa shape index (κ2) is 7.07. The third-order valence-electron chi connectivity index (χ3n) is 2.25. The summed E-state index contributed by atoms with van der Waals surface area (Å²) in [7, 11) is 0. The van der Waals surface area contributed by atoms with Crippen molar-refractivity contribution in [3.63, 3.8) is 0 Å². The molecule has 0 aliphatic rings. The Kier molecular flexibility index (Phi) is 5.70. The number of ether oxygens (including phenoxy) is 2. The van der Waals surface area contributed by atoms with Crippen LogP contribution >= 0.6 is 0 Å². The Morgan fingerprint density at radius 3 is 2.41 bits per heavy atom. The van der Waals surface area contributed by atoms with Gasteiger partial charge < -0.3 is 9.47 Å². The van der Waals surface area contributed by atoms with E-state index in [1.807, 2.05) is 44.2 Å². The molecular formula is C14H20O3. The summed E-state index contributed by atoms with van der Waals surface area (Å²) >= 11 is 0. The van der Waals surface area contributed by atoms with Gasteiger partial charge in [-0.2, -0.15) is 0 Å². The van der Waals surface area contributed by atoms with Crippen LogP contribution in [0.3, 0.4) is 0 Å². The van der Waals surface area contributed by atoms with E-state index in [0.717, 1.165) is 5.56 Å². The molecule has 17 heavy (non-hydrogen) atoms. The summed E-state index contributed by atoms with van der Waals surface area (Å²) in [5.74, 6) is -0.287. The van der Waals surface area contributed by atoms with Crippen molar-refractivity contribution in [3.8, 4) is 0 Å². The van der Waals surface area contributed by atoms with Crippen LogP contribution < -0.4 is 0 Å². The molecule has 1 aromatic carbocycles. The van der Waals surface area contributed by atoms with Gasteiger partial charge in [0.25, 0.3) is 0 Å². The molecule has 0 saturated heterocycles. The zero-order valence-electron chi connectivity index (χ0n) is 10.7. The summed E-state index contributed by atoms with van der Waals surface area (Å²) in [4.78, 5) is 11.7. The fourth-order valence-electron chi connectivity index (χ4n) is 1.58. The van der Waals surface area contributed by atoms with Crippen molar-refractivity contribution in [2.24, 2.45) is 0 Å². The van der Waals surface area contributed by atoms with E-state index in [4.69, 9.17) is 9.47 Å². The molecule has 0 heterocycles. The molecule has 0 spiro atoms. The molecule has 0 aliphatic heterocycles. The van der Waals surface area contributed by atoms with E-state index < -0.39 is 6.10 Å². The van der Waals surface area contributed by atoms with Gasteiger partial charge in [0.1, 0.15) is 0 Å². The summed E-state index contributed by atoms with van der Waals surface area (Å²) in [5.41, 5.74) is 1.08. The average molecular weight is 236 g/mol. The first kappa shape index (κ1) is 13.7. The minimum atomic E-state index is -0.516. The smallest absolute Gasteiger partial charge is 0.335 e. The van der Waals surface area contributed by atoms with Gasteiger partial charge in [-0.15, -0.1) is 0 Å². The quantitative estimate of drug-likeness (QED) is 0.712. The third-order valence-corrected chi connectivity index (χ3v) is 2.25. The number of carbonyl (C=O) groups excluding carboxylic acids is 1. The van der Waals surface area contributed by atoms with Gasteiger partial charge >= 0.3 is 5.97 Å². The van der Waals surface area contributed by atoms with Crippen LogP contribution in [-0.4, -0.2) is 24.8 Å². The van der Waals surface area contributed by atoms with Gasteiger partial charge in [0.2, 0.25) is 0 Å². The number of carbonyl (C=O) groups is 1. The minimum Gasteiger partial charge on any atom is -0.464 e. The zero-order valence-corrected chi connectivity index (χ0v) is 10.7. The summed E-state index contributed by atoms with van der Waals surface area (Å²) in [6.07, 6.45) is 0.0446. The first-order valence-corrected chi connectivity index (χ1v) is 5.99. The molecule has 0 aliphatic carbocycles. The first-order valence-electron chi connectivity index (χ1n) is 5.99. The number of benzene rings is 1. The molecule has 3 nitrogen and oxygen atoms in total. The molecule has 3 heteroatoms. The van der Waals surface area contributed by atoms with Crippen LogP contribution in [0.4, 0.5) is 0 Å². The Bertz CT molecular complexity index is 333. The van der Waals surface area contributed by atoms with Crippen molar-refractivity contribution >= 4 is 5.97 Å². The van der Waals surface area contributed by atoms with Crippen molar-refractivity contribution in [2.75, 3.05) is 6.61 Å². The predicted octanol–water partition coefficient (Wildman–Crippen LogP) is 2.59. The Morgan fingerprint density at radius 2 is 1.88 bits per heavy atom. The number of hydrogen-bond donors (Lipinski definition) is 0. The normalized spacial score (nSPS) is 12.5. The number of rotatable bonds is 6. The molecule has 0 aromatic heterocycles. The largest absolute Gasteiger partial charge is 0.464 e. The molecule has 0 radical (unpaired) electrons. The average Bonchev–Trinajstić information content (AvgIpc) is 2.29. The highest BCUT2D eigenvalue weighted by molar-refractivity contribution is 5.75. The molecule has 1 atom stereocenters. The molecule has 1 unspecified atom stereocenters. The van der Waals surface area contributed by atoms with E-state index in [9.17, 15) is 4.79 Å². The van der Waals surface area contributed by atoms with Crippen LogP contribution in [0.25, 0.3) is 0 Å². The molecule has 0 saturated carbocycles. The molecule has 1 aromatic rings. The maximum absolute atomic E-state index is 11.7. The van der Waals surface area contributed by atoms with E-state index in [0.29, 0.717) is 13.0 Å². The second-order valence-corrected chi connectivity index (χ2v) is 4.12.